The van der Waals surface area contributed by atoms with E-state index in [1.807, 2.05) is 32.2 Å². The minimum absolute atomic E-state index is 0.0191. The Labute approximate surface area is 120 Å². The third-order valence-electron chi connectivity index (χ3n) is 3.32. The second kappa shape index (κ2) is 5.44. The van der Waals surface area contributed by atoms with E-state index >= 15 is 0 Å². The average Bonchev–Trinajstić information content (AvgIpc) is 2.95. The Morgan fingerprint density at radius 3 is 2.30 bits per heavy atom. The summed E-state index contributed by atoms with van der Waals surface area (Å²) >= 11 is 0. The van der Waals surface area contributed by atoms with Crippen LogP contribution < -0.4 is 5.32 Å². The molecule has 110 valence electrons. The van der Waals surface area contributed by atoms with Crippen molar-refractivity contribution in [2.45, 2.75) is 59.0 Å². The van der Waals surface area contributed by atoms with Gasteiger partial charge in [-0.25, -0.2) is 4.98 Å². The van der Waals surface area contributed by atoms with Gasteiger partial charge >= 0.3 is 0 Å². The standard InChI is InChI=1S/C16H24N2O2/c1-10-7-8-13(19-10)11(2)18-12(3)15-17-9-14(20-15)16(4,5)6/h7-9,11-12,18H,1-6H3/t11-,12-/m0/s1. The molecular formula is C16H24N2O2. The molecule has 2 heterocycles. The molecule has 20 heavy (non-hydrogen) atoms. The van der Waals surface area contributed by atoms with Crippen molar-refractivity contribution in [2.75, 3.05) is 0 Å². The topological polar surface area (TPSA) is 51.2 Å². The summed E-state index contributed by atoms with van der Waals surface area (Å²) in [6, 6.07) is 4.12. The van der Waals surface area contributed by atoms with Gasteiger partial charge in [-0.1, -0.05) is 20.8 Å². The van der Waals surface area contributed by atoms with E-state index in [2.05, 4.69) is 38.0 Å². The largest absolute Gasteiger partial charge is 0.465 e. The minimum Gasteiger partial charge on any atom is -0.465 e. The predicted octanol–water partition coefficient (Wildman–Crippen LogP) is 4.29. The van der Waals surface area contributed by atoms with Gasteiger partial charge in [0.15, 0.2) is 0 Å². The van der Waals surface area contributed by atoms with E-state index in [1.165, 1.54) is 0 Å². The van der Waals surface area contributed by atoms with E-state index in [0.717, 1.165) is 17.3 Å². The Bertz CT molecular complexity index is 563. The van der Waals surface area contributed by atoms with Gasteiger partial charge < -0.3 is 8.83 Å². The van der Waals surface area contributed by atoms with Gasteiger partial charge in [-0.2, -0.15) is 0 Å². The summed E-state index contributed by atoms with van der Waals surface area (Å²) in [7, 11) is 0. The highest BCUT2D eigenvalue weighted by atomic mass is 16.4. The first kappa shape index (κ1) is 14.9. The summed E-state index contributed by atoms with van der Waals surface area (Å²) in [6.07, 6.45) is 1.81. The van der Waals surface area contributed by atoms with Crippen LogP contribution in [0.1, 0.15) is 69.9 Å². The summed E-state index contributed by atoms with van der Waals surface area (Å²) in [5.41, 5.74) is -0.0191. The predicted molar refractivity (Wildman–Crippen MR) is 78.6 cm³/mol. The second-order valence-corrected chi connectivity index (χ2v) is 6.37. The molecule has 0 bridgehead atoms. The Morgan fingerprint density at radius 2 is 1.80 bits per heavy atom. The molecule has 0 aliphatic carbocycles. The maximum Gasteiger partial charge on any atom is 0.211 e. The molecule has 4 heteroatoms. The Morgan fingerprint density at radius 1 is 1.10 bits per heavy atom. The van der Waals surface area contributed by atoms with Crippen LogP contribution in [0.4, 0.5) is 0 Å². The Balaban J connectivity index is 2.04. The zero-order chi connectivity index (χ0) is 14.9. The fourth-order valence-corrected chi connectivity index (χ4v) is 2.05. The molecule has 0 saturated carbocycles. The quantitative estimate of drug-likeness (QED) is 0.905. The zero-order valence-electron chi connectivity index (χ0n) is 13.2. The number of aryl methyl sites for hydroxylation is 1. The van der Waals surface area contributed by atoms with Crippen molar-refractivity contribution >= 4 is 0 Å². The number of hydrogen-bond donors (Lipinski definition) is 1. The molecule has 1 N–H and O–H groups in total. The highest BCUT2D eigenvalue weighted by Gasteiger charge is 2.22. The maximum atomic E-state index is 5.85. The molecule has 2 aromatic rings. The highest BCUT2D eigenvalue weighted by molar-refractivity contribution is 5.11. The van der Waals surface area contributed by atoms with Gasteiger partial charge in [0, 0.05) is 5.41 Å². The molecular weight excluding hydrogens is 252 g/mol. The molecule has 4 nitrogen and oxygen atoms in total. The lowest BCUT2D eigenvalue weighted by atomic mass is 9.94. The SMILES string of the molecule is Cc1ccc([C@H](C)N[C@@H](C)c2ncc(C(C)(C)C)o2)o1. The number of oxazole rings is 1. The summed E-state index contributed by atoms with van der Waals surface area (Å²) < 4.78 is 11.5. The van der Waals surface area contributed by atoms with Crippen LogP contribution in [-0.4, -0.2) is 4.98 Å². The van der Waals surface area contributed by atoms with Gasteiger partial charge in [0.25, 0.3) is 0 Å². The molecule has 2 atom stereocenters. The van der Waals surface area contributed by atoms with E-state index in [1.54, 1.807) is 0 Å². The van der Waals surface area contributed by atoms with Gasteiger partial charge in [0.1, 0.15) is 17.3 Å². The maximum absolute atomic E-state index is 5.85. The molecule has 0 radical (unpaired) electrons. The number of aromatic nitrogens is 1. The fourth-order valence-electron chi connectivity index (χ4n) is 2.05. The van der Waals surface area contributed by atoms with Crippen LogP contribution in [0.3, 0.4) is 0 Å². The number of nitrogens with zero attached hydrogens (tertiary/aromatic N) is 1. The van der Waals surface area contributed by atoms with Crippen molar-refractivity contribution in [3.8, 4) is 0 Å². The van der Waals surface area contributed by atoms with Crippen molar-refractivity contribution in [2.24, 2.45) is 0 Å². The van der Waals surface area contributed by atoms with Crippen molar-refractivity contribution in [3.63, 3.8) is 0 Å². The van der Waals surface area contributed by atoms with E-state index in [4.69, 9.17) is 8.83 Å². The second-order valence-electron chi connectivity index (χ2n) is 6.37. The Kier molecular flexibility index (Phi) is 4.04. The van der Waals surface area contributed by atoms with Crippen molar-refractivity contribution in [3.05, 3.63) is 41.5 Å². The molecule has 0 unspecified atom stereocenters. The monoisotopic (exact) mass is 276 g/mol. The lowest BCUT2D eigenvalue weighted by Gasteiger charge is -2.17. The Hall–Kier alpha value is -1.55. The lowest BCUT2D eigenvalue weighted by Crippen LogP contribution is -2.22. The molecule has 0 fully saturated rings. The number of rotatable bonds is 4. The molecule has 0 saturated heterocycles. The lowest BCUT2D eigenvalue weighted by molar-refractivity contribution is 0.326. The van der Waals surface area contributed by atoms with Crippen molar-refractivity contribution < 1.29 is 8.83 Å². The molecule has 0 aromatic carbocycles. The number of hydrogen-bond acceptors (Lipinski definition) is 4. The molecule has 0 aliphatic heterocycles. The van der Waals surface area contributed by atoms with Gasteiger partial charge in [0.2, 0.25) is 5.89 Å². The zero-order valence-corrected chi connectivity index (χ0v) is 13.2. The molecule has 2 rings (SSSR count). The third kappa shape index (κ3) is 3.31. The van der Waals surface area contributed by atoms with E-state index in [9.17, 15) is 0 Å². The molecule has 0 spiro atoms. The normalized spacial score (nSPS) is 15.3. The summed E-state index contributed by atoms with van der Waals surface area (Å²) in [6.45, 7) is 12.4. The van der Waals surface area contributed by atoms with E-state index in [0.29, 0.717) is 5.89 Å². The van der Waals surface area contributed by atoms with Gasteiger partial charge in [-0.05, 0) is 32.9 Å². The fraction of sp³-hybridized carbons (Fsp3) is 0.562. The minimum atomic E-state index is -0.0191. The first-order valence-corrected chi connectivity index (χ1v) is 7.06. The molecule has 0 amide bonds. The number of furan rings is 1. The average molecular weight is 276 g/mol. The highest BCUT2D eigenvalue weighted by Crippen LogP contribution is 2.26. The van der Waals surface area contributed by atoms with Crippen LogP contribution in [0.15, 0.2) is 27.2 Å². The van der Waals surface area contributed by atoms with Crippen molar-refractivity contribution in [1.29, 1.82) is 0 Å². The van der Waals surface area contributed by atoms with Crippen LogP contribution in [-0.2, 0) is 5.41 Å². The van der Waals surface area contributed by atoms with Crippen molar-refractivity contribution in [1.82, 2.24) is 10.3 Å². The van der Waals surface area contributed by atoms with Crippen LogP contribution >= 0.6 is 0 Å². The summed E-state index contributed by atoms with van der Waals surface area (Å²) in [4.78, 5) is 4.37. The summed E-state index contributed by atoms with van der Waals surface area (Å²) in [5.74, 6) is 3.47. The van der Waals surface area contributed by atoms with Crippen LogP contribution in [0.25, 0.3) is 0 Å². The van der Waals surface area contributed by atoms with E-state index < -0.39 is 0 Å². The van der Waals surface area contributed by atoms with Gasteiger partial charge in [-0.3, -0.25) is 5.32 Å². The van der Waals surface area contributed by atoms with Crippen LogP contribution in [0, 0.1) is 6.92 Å². The van der Waals surface area contributed by atoms with E-state index in [-0.39, 0.29) is 17.5 Å². The third-order valence-corrected chi connectivity index (χ3v) is 3.32. The molecule has 0 aliphatic rings. The first-order valence-electron chi connectivity index (χ1n) is 7.06. The smallest absolute Gasteiger partial charge is 0.211 e. The molecule has 2 aromatic heterocycles. The van der Waals surface area contributed by atoms with Gasteiger partial charge in [-0.15, -0.1) is 0 Å². The van der Waals surface area contributed by atoms with Crippen LogP contribution in [0.2, 0.25) is 0 Å². The summed E-state index contributed by atoms with van der Waals surface area (Å²) in [5, 5.41) is 3.44. The van der Waals surface area contributed by atoms with Crippen LogP contribution in [0.5, 0.6) is 0 Å². The van der Waals surface area contributed by atoms with Gasteiger partial charge in [0.05, 0.1) is 18.3 Å². The number of nitrogens with one attached hydrogen (secondary N) is 1. The first-order chi connectivity index (χ1) is 9.27.